The van der Waals surface area contributed by atoms with Crippen molar-refractivity contribution in [2.24, 2.45) is 0 Å². The molecule has 94 valence electrons. The topological polar surface area (TPSA) is 46.6 Å². The van der Waals surface area contributed by atoms with Gasteiger partial charge in [0.25, 0.3) is 0 Å². The molecule has 0 saturated carbocycles. The van der Waals surface area contributed by atoms with E-state index in [4.69, 9.17) is 4.74 Å². The molecule has 0 aromatic heterocycles. The first-order valence-electron chi connectivity index (χ1n) is 5.73. The summed E-state index contributed by atoms with van der Waals surface area (Å²) in [6, 6.07) is 0. The van der Waals surface area contributed by atoms with Gasteiger partial charge >= 0.3 is 5.97 Å². The highest BCUT2D eigenvalue weighted by Gasteiger charge is 2.49. The van der Waals surface area contributed by atoms with Crippen LogP contribution in [0, 0.1) is 0 Å². The van der Waals surface area contributed by atoms with Gasteiger partial charge in [0.2, 0.25) is 5.91 Å². The zero-order valence-electron chi connectivity index (χ0n) is 10.3. The van der Waals surface area contributed by atoms with E-state index in [1.807, 2.05) is 0 Å². The van der Waals surface area contributed by atoms with E-state index in [-0.39, 0.29) is 18.3 Å². The van der Waals surface area contributed by atoms with Gasteiger partial charge in [-0.25, -0.2) is 4.79 Å². The van der Waals surface area contributed by atoms with Gasteiger partial charge in [0.05, 0.1) is 7.11 Å². The first-order valence-corrected chi connectivity index (χ1v) is 5.73. The van der Waals surface area contributed by atoms with Gasteiger partial charge in [0.15, 0.2) is 0 Å². The smallest absolute Gasteiger partial charge is 0.332 e. The third kappa shape index (κ3) is 2.40. The van der Waals surface area contributed by atoms with Crippen LogP contribution in [0.4, 0.5) is 0 Å². The van der Waals surface area contributed by atoms with Crippen LogP contribution in [0.2, 0.25) is 0 Å². The molecule has 0 unspecified atom stereocenters. The number of hydrogen-bond donors (Lipinski definition) is 0. The average molecular weight is 237 g/mol. The average Bonchev–Trinajstić information content (AvgIpc) is 2.74. The second-order valence-electron chi connectivity index (χ2n) is 4.16. The van der Waals surface area contributed by atoms with Gasteiger partial charge in [-0.15, -0.1) is 13.2 Å². The molecule has 4 nitrogen and oxygen atoms in total. The maximum Gasteiger partial charge on any atom is 0.332 e. The van der Waals surface area contributed by atoms with E-state index in [2.05, 4.69) is 13.2 Å². The second-order valence-corrected chi connectivity index (χ2v) is 4.16. The fourth-order valence-electron chi connectivity index (χ4n) is 2.41. The summed E-state index contributed by atoms with van der Waals surface area (Å²) in [6.07, 6.45) is 5.34. The monoisotopic (exact) mass is 237 g/mol. The number of carbonyl (C=O) groups excluding carboxylic acids is 2. The number of likely N-dealkylation sites (tertiary alicyclic amines) is 1. The lowest BCUT2D eigenvalue weighted by molar-refractivity contribution is -0.159. The van der Waals surface area contributed by atoms with Crippen molar-refractivity contribution in [2.45, 2.75) is 31.2 Å². The normalized spacial score (nSPS) is 23.2. The van der Waals surface area contributed by atoms with E-state index >= 15 is 0 Å². The summed E-state index contributed by atoms with van der Waals surface area (Å²) >= 11 is 0. The Morgan fingerprint density at radius 3 is 2.65 bits per heavy atom. The Hall–Kier alpha value is -1.58. The molecule has 1 rings (SSSR count). The Labute approximate surface area is 102 Å². The Kier molecular flexibility index (Phi) is 4.49. The van der Waals surface area contributed by atoms with Crippen molar-refractivity contribution in [1.29, 1.82) is 0 Å². The number of hydrogen-bond acceptors (Lipinski definition) is 3. The SMILES string of the molecule is C=CCC(=O)N1CCC[C@@]1(CC=C)C(=O)OC. The first-order chi connectivity index (χ1) is 8.12. The molecule has 1 atom stereocenters. The van der Waals surface area contributed by atoms with Gasteiger partial charge < -0.3 is 9.64 Å². The van der Waals surface area contributed by atoms with E-state index in [9.17, 15) is 9.59 Å². The summed E-state index contributed by atoms with van der Waals surface area (Å²) < 4.78 is 4.84. The lowest BCUT2D eigenvalue weighted by atomic mass is 9.91. The Morgan fingerprint density at radius 1 is 1.41 bits per heavy atom. The van der Waals surface area contributed by atoms with E-state index in [0.717, 1.165) is 6.42 Å². The van der Waals surface area contributed by atoms with Crippen LogP contribution in [0.3, 0.4) is 0 Å². The minimum atomic E-state index is -0.851. The van der Waals surface area contributed by atoms with E-state index in [0.29, 0.717) is 19.4 Å². The van der Waals surface area contributed by atoms with Crippen molar-refractivity contribution >= 4 is 11.9 Å². The lowest BCUT2D eigenvalue weighted by Crippen LogP contribution is -2.53. The second kappa shape index (κ2) is 5.66. The van der Waals surface area contributed by atoms with Gasteiger partial charge in [-0.1, -0.05) is 12.2 Å². The van der Waals surface area contributed by atoms with Crippen LogP contribution >= 0.6 is 0 Å². The summed E-state index contributed by atoms with van der Waals surface area (Å²) in [5.74, 6) is -0.433. The number of methoxy groups -OCH3 is 1. The third-order valence-corrected chi connectivity index (χ3v) is 3.16. The molecule has 1 amide bonds. The number of carbonyl (C=O) groups is 2. The van der Waals surface area contributed by atoms with Crippen LogP contribution in [0.5, 0.6) is 0 Å². The standard InChI is InChI=1S/C13H19NO3/c1-4-7-11(15)14-10-6-9-13(14,8-5-2)12(16)17-3/h4-5H,1-2,6-10H2,3H3/t13-/m0/s1. The molecular formula is C13H19NO3. The zero-order chi connectivity index (χ0) is 12.9. The minimum absolute atomic E-state index is 0.0789. The Balaban J connectivity index is 3.01. The summed E-state index contributed by atoms with van der Waals surface area (Å²) in [6.45, 7) is 7.80. The molecule has 1 heterocycles. The van der Waals surface area contributed by atoms with Crippen LogP contribution in [0.1, 0.15) is 25.7 Å². The largest absolute Gasteiger partial charge is 0.467 e. The van der Waals surface area contributed by atoms with Crippen molar-refractivity contribution in [3.8, 4) is 0 Å². The van der Waals surface area contributed by atoms with Crippen LogP contribution in [-0.4, -0.2) is 36.0 Å². The number of nitrogens with zero attached hydrogens (tertiary/aromatic N) is 1. The summed E-state index contributed by atoms with van der Waals surface area (Å²) in [4.78, 5) is 25.5. The van der Waals surface area contributed by atoms with Crippen molar-refractivity contribution in [3.05, 3.63) is 25.3 Å². The minimum Gasteiger partial charge on any atom is -0.467 e. The highest BCUT2D eigenvalue weighted by molar-refractivity contribution is 5.89. The van der Waals surface area contributed by atoms with Gasteiger partial charge in [-0.3, -0.25) is 4.79 Å². The number of ether oxygens (including phenoxy) is 1. The van der Waals surface area contributed by atoms with E-state index in [1.54, 1.807) is 17.1 Å². The predicted octanol–water partition coefficient (Wildman–Crippen LogP) is 1.67. The van der Waals surface area contributed by atoms with Gasteiger partial charge in [-0.2, -0.15) is 0 Å². The molecular weight excluding hydrogens is 218 g/mol. The van der Waals surface area contributed by atoms with Gasteiger partial charge in [-0.05, 0) is 19.3 Å². The molecule has 1 fully saturated rings. The van der Waals surface area contributed by atoms with Crippen molar-refractivity contribution in [1.82, 2.24) is 4.90 Å². The third-order valence-electron chi connectivity index (χ3n) is 3.16. The Bertz CT molecular complexity index is 338. The molecule has 0 bridgehead atoms. The molecule has 0 aromatic rings. The first kappa shape index (κ1) is 13.5. The maximum absolute atomic E-state index is 12.0. The molecule has 0 spiro atoms. The van der Waals surface area contributed by atoms with Gasteiger partial charge in [0, 0.05) is 13.0 Å². The highest BCUT2D eigenvalue weighted by atomic mass is 16.5. The fourth-order valence-corrected chi connectivity index (χ4v) is 2.41. The number of esters is 1. The van der Waals surface area contributed by atoms with Crippen molar-refractivity contribution < 1.29 is 14.3 Å². The van der Waals surface area contributed by atoms with Gasteiger partial charge in [0.1, 0.15) is 5.54 Å². The molecule has 0 radical (unpaired) electrons. The molecule has 0 aliphatic carbocycles. The summed E-state index contributed by atoms with van der Waals surface area (Å²) in [5.41, 5.74) is -0.851. The van der Waals surface area contributed by atoms with Crippen LogP contribution in [0.15, 0.2) is 25.3 Å². The molecule has 1 aliphatic rings. The molecule has 0 N–H and O–H groups in total. The van der Waals surface area contributed by atoms with Crippen LogP contribution < -0.4 is 0 Å². The quantitative estimate of drug-likeness (QED) is 0.540. The molecule has 0 aromatic carbocycles. The lowest BCUT2D eigenvalue weighted by Gasteiger charge is -2.35. The van der Waals surface area contributed by atoms with Crippen molar-refractivity contribution in [3.63, 3.8) is 0 Å². The highest BCUT2D eigenvalue weighted by Crippen LogP contribution is 2.34. The van der Waals surface area contributed by atoms with E-state index in [1.165, 1.54) is 7.11 Å². The Morgan fingerprint density at radius 2 is 2.12 bits per heavy atom. The predicted molar refractivity (Wildman–Crippen MR) is 65.3 cm³/mol. The number of rotatable bonds is 5. The molecule has 1 aliphatic heterocycles. The molecule has 17 heavy (non-hydrogen) atoms. The fraction of sp³-hybridized carbons (Fsp3) is 0.538. The molecule has 1 saturated heterocycles. The summed E-state index contributed by atoms with van der Waals surface area (Å²) in [5, 5.41) is 0. The van der Waals surface area contributed by atoms with E-state index < -0.39 is 5.54 Å². The summed E-state index contributed by atoms with van der Waals surface area (Å²) in [7, 11) is 1.35. The van der Waals surface area contributed by atoms with Crippen molar-refractivity contribution in [2.75, 3.05) is 13.7 Å². The van der Waals surface area contributed by atoms with Crippen LogP contribution in [0.25, 0.3) is 0 Å². The number of amides is 1. The van der Waals surface area contributed by atoms with Crippen LogP contribution in [-0.2, 0) is 14.3 Å². The molecule has 4 heteroatoms. The zero-order valence-corrected chi connectivity index (χ0v) is 10.3. The maximum atomic E-state index is 12.0.